The van der Waals surface area contributed by atoms with Gasteiger partial charge in [0.15, 0.2) is 11.4 Å². The Bertz CT molecular complexity index is 1100. The highest BCUT2D eigenvalue weighted by Gasteiger charge is 2.12. The maximum atomic E-state index is 12.3. The number of aromatic nitrogens is 4. The van der Waals surface area contributed by atoms with Gasteiger partial charge in [0, 0.05) is 16.5 Å². The number of ketones is 1. The van der Waals surface area contributed by atoms with Gasteiger partial charge in [0.2, 0.25) is 0 Å². The number of thioether (sulfide) groups is 1. The molecule has 2 heterocycles. The van der Waals surface area contributed by atoms with Crippen molar-refractivity contribution in [1.82, 2.24) is 19.7 Å². The van der Waals surface area contributed by atoms with Crippen LogP contribution < -0.4 is 0 Å². The maximum Gasteiger partial charge on any atom is 0.167 e. The van der Waals surface area contributed by atoms with E-state index in [0.29, 0.717) is 6.42 Å². The third kappa shape index (κ3) is 4.15. The minimum absolute atomic E-state index is 0.165. The predicted molar refractivity (Wildman–Crippen MR) is 115 cm³/mol. The lowest BCUT2D eigenvalue weighted by Gasteiger charge is -2.04. The van der Waals surface area contributed by atoms with E-state index >= 15 is 0 Å². The van der Waals surface area contributed by atoms with Crippen molar-refractivity contribution < 1.29 is 4.79 Å². The average molecular weight is 453 g/mol. The van der Waals surface area contributed by atoms with E-state index in [9.17, 15) is 4.79 Å². The van der Waals surface area contributed by atoms with E-state index < -0.39 is 0 Å². The van der Waals surface area contributed by atoms with Gasteiger partial charge in [-0.15, -0.1) is 11.8 Å². The lowest BCUT2D eigenvalue weighted by molar-refractivity contribution is 0.0982. The molecule has 0 unspecified atom stereocenters. The SMILES string of the molecule is O=C(CCCSc1ncnc2c1cnn2-c1ccccc1)c1ccc(Br)cc1. The van der Waals surface area contributed by atoms with Gasteiger partial charge in [0.05, 0.1) is 17.3 Å². The number of hydrogen-bond donors (Lipinski definition) is 0. The Morgan fingerprint density at radius 3 is 2.61 bits per heavy atom. The van der Waals surface area contributed by atoms with E-state index in [1.54, 1.807) is 24.3 Å². The molecule has 7 heteroatoms. The van der Waals surface area contributed by atoms with E-state index in [0.717, 1.165) is 44.0 Å². The van der Waals surface area contributed by atoms with Crippen LogP contribution in [0, 0.1) is 0 Å². The Balaban J connectivity index is 1.41. The second-order valence-corrected chi connectivity index (χ2v) is 8.19. The summed E-state index contributed by atoms with van der Waals surface area (Å²) in [5, 5.41) is 6.29. The Hall–Kier alpha value is -2.51. The maximum absolute atomic E-state index is 12.3. The standard InChI is InChI=1S/C21H17BrN4OS/c22-16-10-8-15(9-11-16)19(27)7-4-12-28-21-18-13-25-26(20(18)23-14-24-21)17-5-2-1-3-6-17/h1-3,5-6,8-11,13-14H,4,7,12H2. The molecule has 0 aliphatic carbocycles. The molecule has 28 heavy (non-hydrogen) atoms. The second kappa shape index (κ2) is 8.67. The zero-order valence-corrected chi connectivity index (χ0v) is 17.4. The van der Waals surface area contributed by atoms with Gasteiger partial charge in [-0.3, -0.25) is 4.79 Å². The van der Waals surface area contributed by atoms with Gasteiger partial charge in [-0.25, -0.2) is 14.6 Å². The molecule has 0 atom stereocenters. The summed E-state index contributed by atoms with van der Waals surface area (Å²) in [6.07, 6.45) is 4.68. The molecule has 0 bridgehead atoms. The summed E-state index contributed by atoms with van der Waals surface area (Å²) in [4.78, 5) is 21.1. The number of hydrogen-bond acceptors (Lipinski definition) is 5. The summed E-state index contributed by atoms with van der Waals surface area (Å²) in [7, 11) is 0. The fraction of sp³-hybridized carbons (Fsp3) is 0.143. The number of rotatable bonds is 7. The Kier molecular flexibility index (Phi) is 5.83. The number of carbonyl (C=O) groups excluding carboxylic acids is 1. The van der Waals surface area contributed by atoms with Gasteiger partial charge in [0.1, 0.15) is 11.4 Å². The molecule has 0 N–H and O–H groups in total. The zero-order chi connectivity index (χ0) is 19.3. The third-order valence-corrected chi connectivity index (χ3v) is 5.90. The molecule has 0 amide bonds. The molecule has 2 aromatic carbocycles. The van der Waals surface area contributed by atoms with Crippen LogP contribution >= 0.6 is 27.7 Å². The van der Waals surface area contributed by atoms with Crippen LogP contribution in [0.25, 0.3) is 16.7 Å². The van der Waals surface area contributed by atoms with Crippen molar-refractivity contribution in [2.45, 2.75) is 17.9 Å². The summed E-state index contributed by atoms with van der Waals surface area (Å²) < 4.78 is 2.79. The van der Waals surface area contributed by atoms with E-state index in [2.05, 4.69) is 31.0 Å². The van der Waals surface area contributed by atoms with Crippen molar-refractivity contribution in [2.75, 3.05) is 5.75 Å². The first-order valence-corrected chi connectivity index (χ1v) is 10.7. The number of benzene rings is 2. The highest BCUT2D eigenvalue weighted by Crippen LogP contribution is 2.26. The molecular formula is C21H17BrN4OS. The fourth-order valence-electron chi connectivity index (χ4n) is 2.88. The van der Waals surface area contributed by atoms with Crippen molar-refractivity contribution in [2.24, 2.45) is 0 Å². The molecule has 140 valence electrons. The molecule has 5 nitrogen and oxygen atoms in total. The summed E-state index contributed by atoms with van der Waals surface area (Å²) >= 11 is 5.02. The predicted octanol–water partition coefficient (Wildman–Crippen LogP) is 5.33. The summed E-state index contributed by atoms with van der Waals surface area (Å²) in [6.45, 7) is 0. The first-order valence-electron chi connectivity index (χ1n) is 8.88. The van der Waals surface area contributed by atoms with Crippen LogP contribution in [-0.4, -0.2) is 31.3 Å². The van der Waals surface area contributed by atoms with Gasteiger partial charge < -0.3 is 0 Å². The van der Waals surface area contributed by atoms with E-state index in [4.69, 9.17) is 0 Å². The van der Waals surface area contributed by atoms with Gasteiger partial charge in [0.25, 0.3) is 0 Å². The number of halogens is 1. The van der Waals surface area contributed by atoms with Crippen LogP contribution in [0.2, 0.25) is 0 Å². The van der Waals surface area contributed by atoms with E-state index in [-0.39, 0.29) is 5.78 Å². The Morgan fingerprint density at radius 1 is 1.04 bits per heavy atom. The van der Waals surface area contributed by atoms with Crippen molar-refractivity contribution >= 4 is 44.5 Å². The molecule has 0 aliphatic rings. The van der Waals surface area contributed by atoms with Crippen LogP contribution in [-0.2, 0) is 0 Å². The lowest BCUT2D eigenvalue weighted by Crippen LogP contribution is -2.00. The lowest BCUT2D eigenvalue weighted by atomic mass is 10.1. The molecule has 0 saturated carbocycles. The minimum atomic E-state index is 0.165. The summed E-state index contributed by atoms with van der Waals surface area (Å²) in [5.41, 5.74) is 2.50. The monoisotopic (exact) mass is 452 g/mol. The number of carbonyl (C=O) groups is 1. The summed E-state index contributed by atoms with van der Waals surface area (Å²) in [5.74, 6) is 0.975. The van der Waals surface area contributed by atoms with E-state index in [1.165, 1.54) is 0 Å². The van der Waals surface area contributed by atoms with Crippen LogP contribution in [0.4, 0.5) is 0 Å². The molecule has 2 aromatic heterocycles. The van der Waals surface area contributed by atoms with Crippen molar-refractivity contribution in [3.63, 3.8) is 0 Å². The molecule has 0 radical (unpaired) electrons. The van der Waals surface area contributed by atoms with Crippen LogP contribution in [0.3, 0.4) is 0 Å². The highest BCUT2D eigenvalue weighted by atomic mass is 79.9. The molecule has 4 rings (SSSR count). The quantitative estimate of drug-likeness (QED) is 0.164. The summed E-state index contributed by atoms with van der Waals surface area (Å²) in [6, 6.07) is 17.4. The van der Waals surface area contributed by atoms with Crippen molar-refractivity contribution in [3.05, 3.63) is 77.2 Å². The van der Waals surface area contributed by atoms with Gasteiger partial charge >= 0.3 is 0 Å². The van der Waals surface area contributed by atoms with Gasteiger partial charge in [-0.1, -0.05) is 46.3 Å². The average Bonchev–Trinajstić information content (AvgIpc) is 3.17. The van der Waals surface area contributed by atoms with Gasteiger partial charge in [-0.2, -0.15) is 5.10 Å². The normalized spacial score (nSPS) is 11.0. The molecule has 0 aliphatic heterocycles. The molecular weight excluding hydrogens is 436 g/mol. The fourth-order valence-corrected chi connectivity index (χ4v) is 4.04. The number of Topliss-reactive ketones (excluding diaryl/α,β-unsaturated/α-hetero) is 1. The minimum Gasteiger partial charge on any atom is -0.294 e. The number of para-hydroxylation sites is 1. The largest absolute Gasteiger partial charge is 0.294 e. The smallest absolute Gasteiger partial charge is 0.167 e. The topological polar surface area (TPSA) is 60.7 Å². The number of nitrogens with zero attached hydrogens (tertiary/aromatic N) is 4. The van der Waals surface area contributed by atoms with Crippen LogP contribution in [0.15, 0.2) is 76.6 Å². The van der Waals surface area contributed by atoms with Crippen molar-refractivity contribution in [3.8, 4) is 5.69 Å². The second-order valence-electron chi connectivity index (χ2n) is 6.19. The Labute approximate surface area is 175 Å². The Morgan fingerprint density at radius 2 is 1.82 bits per heavy atom. The highest BCUT2D eigenvalue weighted by molar-refractivity contribution is 9.10. The van der Waals surface area contributed by atoms with Crippen LogP contribution in [0.5, 0.6) is 0 Å². The zero-order valence-electron chi connectivity index (χ0n) is 15.0. The molecule has 0 fully saturated rings. The van der Waals surface area contributed by atoms with E-state index in [1.807, 2.05) is 59.3 Å². The number of fused-ring (bicyclic) bond motifs is 1. The molecule has 0 spiro atoms. The van der Waals surface area contributed by atoms with Crippen LogP contribution in [0.1, 0.15) is 23.2 Å². The van der Waals surface area contributed by atoms with Gasteiger partial charge in [-0.05, 0) is 36.4 Å². The molecule has 4 aromatic rings. The first kappa shape index (κ1) is 18.8. The van der Waals surface area contributed by atoms with Crippen molar-refractivity contribution in [1.29, 1.82) is 0 Å². The molecule has 0 saturated heterocycles. The third-order valence-electron chi connectivity index (χ3n) is 4.28. The first-order chi connectivity index (χ1) is 13.7.